The van der Waals surface area contributed by atoms with Crippen LogP contribution in [0.3, 0.4) is 0 Å². The molecule has 0 aliphatic carbocycles. The number of amides is 1. The third-order valence-electron chi connectivity index (χ3n) is 2.58. The van der Waals surface area contributed by atoms with Crippen molar-refractivity contribution in [3.8, 4) is 0 Å². The molecule has 1 aliphatic rings. The number of piperidine rings is 1. The molecule has 1 aliphatic heterocycles. The lowest BCUT2D eigenvalue weighted by atomic mass is 9.91. The molecule has 1 unspecified atom stereocenters. The molecule has 4 heteroatoms. The lowest BCUT2D eigenvalue weighted by molar-refractivity contribution is -0.122. The summed E-state index contributed by atoms with van der Waals surface area (Å²) in [6, 6.07) is 3.42. The number of aromatic nitrogens is 1. The number of nitrogens with one attached hydrogen (secondary N) is 2. The molecule has 0 spiro atoms. The molecule has 1 amide bonds. The number of allylic oxidation sites excluding steroid dienone is 1. The minimum Gasteiger partial charge on any atom is -0.330 e. The third kappa shape index (κ3) is 1.83. The first-order valence-electron chi connectivity index (χ1n) is 4.84. The summed E-state index contributed by atoms with van der Waals surface area (Å²) in [5, 5.41) is 2.67. The number of carbonyl (C=O) groups excluding carboxylic acids is 1. The maximum atomic E-state index is 11.6. The van der Waals surface area contributed by atoms with E-state index in [9.17, 15) is 9.59 Å². The molecular formula is C11H12N2O2. The zero-order valence-corrected chi connectivity index (χ0v) is 8.25. The van der Waals surface area contributed by atoms with Gasteiger partial charge in [-0.05, 0) is 18.9 Å². The van der Waals surface area contributed by atoms with Crippen molar-refractivity contribution in [1.82, 2.24) is 10.3 Å². The van der Waals surface area contributed by atoms with E-state index in [1.54, 1.807) is 18.3 Å². The van der Waals surface area contributed by atoms with Gasteiger partial charge >= 0.3 is 0 Å². The summed E-state index contributed by atoms with van der Waals surface area (Å²) in [5.74, 6) is -0.483. The second-order valence-electron chi connectivity index (χ2n) is 3.64. The van der Waals surface area contributed by atoms with Crippen LogP contribution in [-0.4, -0.2) is 10.9 Å². The molecule has 2 rings (SSSR count). The highest BCUT2D eigenvalue weighted by atomic mass is 16.2. The Hall–Kier alpha value is -1.84. The Morgan fingerprint density at radius 2 is 2.20 bits per heavy atom. The van der Waals surface area contributed by atoms with Crippen molar-refractivity contribution in [3.63, 3.8) is 0 Å². The smallest absolute Gasteiger partial charge is 0.251 e. The molecule has 2 N–H and O–H groups in total. The average molecular weight is 204 g/mol. The Bertz CT molecular complexity index is 462. The molecule has 1 aromatic rings. The minimum absolute atomic E-state index is 0.136. The van der Waals surface area contributed by atoms with Crippen molar-refractivity contribution < 1.29 is 4.79 Å². The van der Waals surface area contributed by atoms with Crippen molar-refractivity contribution in [1.29, 1.82) is 0 Å². The maximum absolute atomic E-state index is 11.6. The Kier molecular flexibility index (Phi) is 2.41. The number of hydrogen-bond donors (Lipinski definition) is 2. The van der Waals surface area contributed by atoms with Crippen LogP contribution < -0.4 is 10.9 Å². The summed E-state index contributed by atoms with van der Waals surface area (Å²) in [7, 11) is 0. The van der Waals surface area contributed by atoms with Crippen molar-refractivity contribution in [3.05, 3.63) is 46.5 Å². The topological polar surface area (TPSA) is 62.0 Å². The van der Waals surface area contributed by atoms with E-state index in [1.165, 1.54) is 0 Å². The molecule has 0 radical (unpaired) electrons. The largest absolute Gasteiger partial charge is 0.330 e. The van der Waals surface area contributed by atoms with Crippen LogP contribution in [0, 0.1) is 0 Å². The van der Waals surface area contributed by atoms with Crippen LogP contribution in [-0.2, 0) is 4.79 Å². The van der Waals surface area contributed by atoms with E-state index in [2.05, 4.69) is 16.9 Å². The van der Waals surface area contributed by atoms with Gasteiger partial charge in [0.15, 0.2) is 0 Å². The second kappa shape index (κ2) is 3.73. The van der Waals surface area contributed by atoms with E-state index in [4.69, 9.17) is 0 Å². The molecule has 1 saturated heterocycles. The van der Waals surface area contributed by atoms with Gasteiger partial charge in [-0.1, -0.05) is 12.6 Å². The monoisotopic (exact) mass is 204 g/mol. The van der Waals surface area contributed by atoms with Gasteiger partial charge in [-0.3, -0.25) is 9.59 Å². The van der Waals surface area contributed by atoms with Gasteiger partial charge in [0.2, 0.25) is 5.91 Å². The van der Waals surface area contributed by atoms with E-state index in [1.807, 2.05) is 0 Å². The van der Waals surface area contributed by atoms with E-state index in [0.717, 1.165) is 12.1 Å². The normalized spacial score (nSPS) is 21.2. The summed E-state index contributed by atoms with van der Waals surface area (Å²) in [4.78, 5) is 25.7. The first kappa shape index (κ1) is 9.71. The Morgan fingerprint density at radius 1 is 1.40 bits per heavy atom. The van der Waals surface area contributed by atoms with Gasteiger partial charge in [0.1, 0.15) is 0 Å². The van der Waals surface area contributed by atoms with Crippen molar-refractivity contribution >= 4 is 5.91 Å². The summed E-state index contributed by atoms with van der Waals surface area (Å²) in [6.45, 7) is 3.70. The van der Waals surface area contributed by atoms with Crippen molar-refractivity contribution in [2.45, 2.75) is 18.8 Å². The second-order valence-corrected chi connectivity index (χ2v) is 3.64. The number of pyridine rings is 1. The molecule has 1 aromatic heterocycles. The van der Waals surface area contributed by atoms with Gasteiger partial charge in [0.25, 0.3) is 5.56 Å². The van der Waals surface area contributed by atoms with Crippen molar-refractivity contribution in [2.75, 3.05) is 0 Å². The van der Waals surface area contributed by atoms with E-state index < -0.39 is 0 Å². The van der Waals surface area contributed by atoms with Crippen LogP contribution in [0.5, 0.6) is 0 Å². The van der Waals surface area contributed by atoms with Gasteiger partial charge in [-0.15, -0.1) is 0 Å². The molecule has 0 aromatic carbocycles. The predicted octanol–water partition coefficient (Wildman–Crippen LogP) is 0.882. The molecule has 2 heterocycles. The molecule has 0 saturated carbocycles. The van der Waals surface area contributed by atoms with Crippen LogP contribution in [0.4, 0.5) is 0 Å². The fourth-order valence-electron chi connectivity index (χ4n) is 1.78. The summed E-state index contributed by atoms with van der Waals surface area (Å²) in [6.07, 6.45) is 2.94. The standard InChI is InChI=1S/C11H12N2O2/c1-7-4-5-9(11(15)13-7)8-3-2-6-12-10(8)14/h2-3,6,9H,1,4-5H2,(H,12,14)(H,13,15). The summed E-state index contributed by atoms with van der Waals surface area (Å²) < 4.78 is 0. The molecule has 4 nitrogen and oxygen atoms in total. The number of carbonyl (C=O) groups is 1. The van der Waals surface area contributed by atoms with Crippen LogP contribution in [0.15, 0.2) is 35.4 Å². The quantitative estimate of drug-likeness (QED) is 0.713. The minimum atomic E-state index is -0.347. The lowest BCUT2D eigenvalue weighted by Gasteiger charge is -2.22. The van der Waals surface area contributed by atoms with E-state index >= 15 is 0 Å². The highest BCUT2D eigenvalue weighted by Gasteiger charge is 2.27. The predicted molar refractivity (Wildman–Crippen MR) is 56.3 cm³/mol. The van der Waals surface area contributed by atoms with Crippen LogP contribution in [0.25, 0.3) is 0 Å². The maximum Gasteiger partial charge on any atom is 0.251 e. The number of H-pyrrole nitrogens is 1. The third-order valence-corrected chi connectivity index (χ3v) is 2.58. The van der Waals surface area contributed by atoms with Crippen LogP contribution >= 0.6 is 0 Å². The van der Waals surface area contributed by atoms with Gasteiger partial charge < -0.3 is 10.3 Å². The Balaban J connectivity index is 2.32. The SMILES string of the molecule is C=C1CCC(c2ccc[nH]c2=O)C(=O)N1. The molecule has 15 heavy (non-hydrogen) atoms. The van der Waals surface area contributed by atoms with Gasteiger partial charge in [0.05, 0.1) is 5.92 Å². The number of aromatic amines is 1. The fraction of sp³-hybridized carbons (Fsp3) is 0.273. The van der Waals surface area contributed by atoms with Crippen LogP contribution in [0.2, 0.25) is 0 Å². The first-order valence-corrected chi connectivity index (χ1v) is 4.84. The number of hydrogen-bond acceptors (Lipinski definition) is 2. The van der Waals surface area contributed by atoms with E-state index in [0.29, 0.717) is 12.0 Å². The molecular weight excluding hydrogens is 192 g/mol. The summed E-state index contributed by atoms with van der Waals surface area (Å²) in [5.41, 5.74) is 1.07. The first-order chi connectivity index (χ1) is 7.18. The zero-order valence-electron chi connectivity index (χ0n) is 8.25. The zero-order chi connectivity index (χ0) is 10.8. The van der Waals surface area contributed by atoms with Crippen LogP contribution in [0.1, 0.15) is 24.3 Å². The Morgan fingerprint density at radius 3 is 2.87 bits per heavy atom. The van der Waals surface area contributed by atoms with E-state index in [-0.39, 0.29) is 17.4 Å². The summed E-state index contributed by atoms with van der Waals surface area (Å²) >= 11 is 0. The lowest BCUT2D eigenvalue weighted by Crippen LogP contribution is -2.35. The van der Waals surface area contributed by atoms with Gasteiger partial charge in [-0.2, -0.15) is 0 Å². The molecule has 1 atom stereocenters. The van der Waals surface area contributed by atoms with Gasteiger partial charge in [0, 0.05) is 17.5 Å². The van der Waals surface area contributed by atoms with Crippen molar-refractivity contribution in [2.24, 2.45) is 0 Å². The highest BCUT2D eigenvalue weighted by Crippen LogP contribution is 2.24. The molecule has 1 fully saturated rings. The molecule has 0 bridgehead atoms. The van der Waals surface area contributed by atoms with Gasteiger partial charge in [-0.25, -0.2) is 0 Å². The number of rotatable bonds is 1. The fourth-order valence-corrected chi connectivity index (χ4v) is 1.78. The highest BCUT2D eigenvalue weighted by molar-refractivity contribution is 5.85. The Labute approximate surface area is 87.0 Å². The average Bonchev–Trinajstić information content (AvgIpc) is 2.20. The molecule has 78 valence electrons.